The van der Waals surface area contributed by atoms with Crippen molar-refractivity contribution in [3.05, 3.63) is 66.6 Å². The van der Waals surface area contributed by atoms with Gasteiger partial charge in [0, 0.05) is 41.9 Å². The van der Waals surface area contributed by atoms with Crippen molar-refractivity contribution in [2.45, 2.75) is 0 Å². The van der Waals surface area contributed by atoms with Gasteiger partial charge in [-0.1, -0.05) is 0 Å². The summed E-state index contributed by atoms with van der Waals surface area (Å²) < 4.78 is 12.1. The predicted octanol–water partition coefficient (Wildman–Crippen LogP) is 2.98. The van der Waals surface area contributed by atoms with Crippen LogP contribution in [0.1, 0.15) is 10.4 Å². The van der Waals surface area contributed by atoms with Crippen LogP contribution in [-0.4, -0.2) is 34.1 Å². The molecule has 0 fully saturated rings. The van der Waals surface area contributed by atoms with Gasteiger partial charge >= 0.3 is 0 Å². The second-order valence-corrected chi connectivity index (χ2v) is 5.15. The Morgan fingerprint density at radius 2 is 1.92 bits per heavy atom. The molecule has 0 bridgehead atoms. The first-order valence-electron chi connectivity index (χ1n) is 7.71. The molecule has 0 aliphatic rings. The van der Waals surface area contributed by atoms with Gasteiger partial charge in [-0.25, -0.2) is 14.4 Å². The fourth-order valence-electron chi connectivity index (χ4n) is 2.18. The van der Waals surface area contributed by atoms with E-state index < -0.39 is 6.67 Å². The van der Waals surface area contributed by atoms with E-state index in [4.69, 9.17) is 0 Å². The highest BCUT2D eigenvalue weighted by atomic mass is 19.1. The fraction of sp³-hybridized carbons (Fsp3) is 0.111. The molecule has 25 heavy (non-hydrogen) atoms. The number of carbonyl (C=O) groups excluding carboxylic acids is 1. The molecule has 2 N–H and O–H groups in total. The molecular weight excluding hydrogens is 321 g/mol. The summed E-state index contributed by atoms with van der Waals surface area (Å²) in [5.41, 5.74) is 2.07. The normalized spacial score (nSPS) is 10.3. The lowest BCUT2D eigenvalue weighted by Crippen LogP contribution is -2.25. The van der Waals surface area contributed by atoms with Crippen molar-refractivity contribution in [2.75, 3.05) is 18.5 Å². The Kier molecular flexibility index (Phi) is 5.26. The van der Waals surface area contributed by atoms with Crippen LogP contribution in [0.15, 0.2) is 61.1 Å². The van der Waals surface area contributed by atoms with E-state index in [1.807, 2.05) is 12.1 Å². The third kappa shape index (κ3) is 4.35. The van der Waals surface area contributed by atoms with E-state index in [2.05, 4.69) is 25.6 Å². The summed E-state index contributed by atoms with van der Waals surface area (Å²) in [6.45, 7) is -0.574. The van der Waals surface area contributed by atoms with Gasteiger partial charge in [0.1, 0.15) is 12.5 Å². The van der Waals surface area contributed by atoms with Crippen LogP contribution >= 0.6 is 0 Å². The molecule has 3 rings (SSSR count). The number of amides is 1. The molecule has 0 saturated carbocycles. The molecule has 2 aromatic heterocycles. The number of carbonyl (C=O) groups is 1. The molecule has 0 aliphatic heterocycles. The number of halogens is 1. The number of rotatable bonds is 6. The number of hydrogen-bond donors (Lipinski definition) is 2. The second-order valence-electron chi connectivity index (χ2n) is 5.15. The molecule has 1 amide bonds. The first-order chi connectivity index (χ1) is 12.3. The van der Waals surface area contributed by atoms with Gasteiger partial charge in [-0.3, -0.25) is 9.78 Å². The standard InChI is InChI=1S/C18H16FN5O/c19-8-11-22-18(25)13-3-5-15(6-4-13)23-16-7-10-21-17(24-16)14-2-1-9-20-12-14/h1-7,9-10,12H,8,11H2,(H,22,25)(H,21,23,24). The molecule has 6 nitrogen and oxygen atoms in total. The maximum atomic E-state index is 12.1. The smallest absolute Gasteiger partial charge is 0.251 e. The molecule has 126 valence electrons. The molecule has 0 spiro atoms. The number of nitrogens with one attached hydrogen (secondary N) is 2. The summed E-state index contributed by atoms with van der Waals surface area (Å²) in [5, 5.41) is 5.64. The molecule has 0 saturated heterocycles. The number of benzene rings is 1. The minimum absolute atomic E-state index is 0.0108. The topological polar surface area (TPSA) is 79.8 Å². The van der Waals surface area contributed by atoms with Crippen molar-refractivity contribution in [3.8, 4) is 11.4 Å². The zero-order valence-electron chi connectivity index (χ0n) is 13.3. The Bertz CT molecular complexity index is 840. The third-order valence-electron chi connectivity index (χ3n) is 3.37. The average Bonchev–Trinajstić information content (AvgIpc) is 2.67. The van der Waals surface area contributed by atoms with Gasteiger partial charge in [0.25, 0.3) is 5.91 Å². The van der Waals surface area contributed by atoms with E-state index in [0.29, 0.717) is 17.2 Å². The van der Waals surface area contributed by atoms with Crippen molar-refractivity contribution in [1.82, 2.24) is 20.3 Å². The van der Waals surface area contributed by atoms with Crippen molar-refractivity contribution < 1.29 is 9.18 Å². The monoisotopic (exact) mass is 337 g/mol. The van der Waals surface area contributed by atoms with Crippen molar-refractivity contribution in [1.29, 1.82) is 0 Å². The lowest BCUT2D eigenvalue weighted by atomic mass is 10.2. The molecule has 0 radical (unpaired) electrons. The summed E-state index contributed by atoms with van der Waals surface area (Å²) in [6.07, 6.45) is 5.05. The van der Waals surface area contributed by atoms with Gasteiger partial charge in [0.05, 0.1) is 0 Å². The average molecular weight is 337 g/mol. The van der Waals surface area contributed by atoms with Gasteiger partial charge in [0.15, 0.2) is 5.82 Å². The van der Waals surface area contributed by atoms with Crippen LogP contribution in [0.5, 0.6) is 0 Å². The molecule has 3 aromatic rings. The van der Waals surface area contributed by atoms with Crippen molar-refractivity contribution in [2.24, 2.45) is 0 Å². The Labute approximate surface area is 144 Å². The summed E-state index contributed by atoms with van der Waals surface area (Å²) in [5.74, 6) is 0.897. The first kappa shape index (κ1) is 16.5. The van der Waals surface area contributed by atoms with Gasteiger partial charge in [0.2, 0.25) is 0 Å². The Morgan fingerprint density at radius 1 is 1.08 bits per heavy atom. The second kappa shape index (κ2) is 7.96. The zero-order valence-corrected chi connectivity index (χ0v) is 13.3. The highest BCUT2D eigenvalue weighted by Crippen LogP contribution is 2.18. The Balaban J connectivity index is 1.71. The van der Waals surface area contributed by atoms with Crippen LogP contribution in [0.25, 0.3) is 11.4 Å². The fourth-order valence-corrected chi connectivity index (χ4v) is 2.18. The van der Waals surface area contributed by atoms with Crippen LogP contribution in [0, 0.1) is 0 Å². The Morgan fingerprint density at radius 3 is 2.64 bits per heavy atom. The number of nitrogens with zero attached hydrogens (tertiary/aromatic N) is 3. The van der Waals surface area contributed by atoms with Crippen LogP contribution in [-0.2, 0) is 0 Å². The van der Waals surface area contributed by atoms with E-state index in [1.165, 1.54) is 0 Å². The summed E-state index contributed by atoms with van der Waals surface area (Å²) >= 11 is 0. The number of alkyl halides is 1. The van der Waals surface area contributed by atoms with E-state index in [-0.39, 0.29) is 12.5 Å². The number of pyridine rings is 1. The third-order valence-corrected chi connectivity index (χ3v) is 3.37. The molecule has 7 heteroatoms. The van der Waals surface area contributed by atoms with Gasteiger partial charge < -0.3 is 10.6 Å². The molecule has 0 aliphatic carbocycles. The van der Waals surface area contributed by atoms with E-state index in [9.17, 15) is 9.18 Å². The highest BCUT2D eigenvalue weighted by Gasteiger charge is 2.06. The van der Waals surface area contributed by atoms with Crippen LogP contribution in [0.4, 0.5) is 15.9 Å². The summed E-state index contributed by atoms with van der Waals surface area (Å²) in [4.78, 5) is 24.5. The first-order valence-corrected chi connectivity index (χ1v) is 7.71. The molecule has 0 atom stereocenters. The quantitative estimate of drug-likeness (QED) is 0.723. The van der Waals surface area contributed by atoms with Gasteiger partial charge in [-0.2, -0.15) is 0 Å². The maximum absolute atomic E-state index is 12.1. The highest BCUT2D eigenvalue weighted by molar-refractivity contribution is 5.94. The number of hydrogen-bond acceptors (Lipinski definition) is 5. The minimum atomic E-state index is -0.585. The molecule has 1 aromatic carbocycles. The lowest BCUT2D eigenvalue weighted by molar-refractivity contribution is 0.0951. The van der Waals surface area contributed by atoms with E-state index in [0.717, 1.165) is 11.3 Å². The predicted molar refractivity (Wildman–Crippen MR) is 93.3 cm³/mol. The van der Waals surface area contributed by atoms with Gasteiger partial charge in [-0.05, 0) is 42.5 Å². The summed E-state index contributed by atoms with van der Waals surface area (Å²) in [6, 6.07) is 12.3. The molecular formula is C18H16FN5O. The molecule has 2 heterocycles. The van der Waals surface area contributed by atoms with Gasteiger partial charge in [-0.15, -0.1) is 0 Å². The lowest BCUT2D eigenvalue weighted by Gasteiger charge is -2.08. The summed E-state index contributed by atoms with van der Waals surface area (Å²) in [7, 11) is 0. The van der Waals surface area contributed by atoms with Crippen LogP contribution in [0.2, 0.25) is 0 Å². The largest absolute Gasteiger partial charge is 0.349 e. The SMILES string of the molecule is O=C(NCCF)c1ccc(Nc2ccnc(-c3cccnc3)n2)cc1. The Hall–Kier alpha value is -3.35. The number of aromatic nitrogens is 3. The van der Waals surface area contributed by atoms with Crippen LogP contribution in [0.3, 0.4) is 0 Å². The van der Waals surface area contributed by atoms with E-state index in [1.54, 1.807) is 48.9 Å². The minimum Gasteiger partial charge on any atom is -0.349 e. The van der Waals surface area contributed by atoms with Crippen molar-refractivity contribution in [3.63, 3.8) is 0 Å². The maximum Gasteiger partial charge on any atom is 0.251 e. The van der Waals surface area contributed by atoms with Crippen molar-refractivity contribution >= 4 is 17.4 Å². The van der Waals surface area contributed by atoms with Crippen LogP contribution < -0.4 is 10.6 Å². The zero-order chi connectivity index (χ0) is 17.5. The number of anilines is 2. The molecule has 0 unspecified atom stereocenters. The van der Waals surface area contributed by atoms with E-state index >= 15 is 0 Å².